The number of rotatable bonds is 2. The van der Waals surface area contributed by atoms with Gasteiger partial charge in [0, 0.05) is 12.6 Å². The van der Waals surface area contributed by atoms with Gasteiger partial charge in [0.2, 0.25) is 0 Å². The third kappa shape index (κ3) is 1.87. The minimum absolute atomic E-state index is 0.270. The second kappa shape index (κ2) is 3.97. The second-order valence-corrected chi connectivity index (χ2v) is 4.60. The van der Waals surface area contributed by atoms with Gasteiger partial charge in [0.25, 0.3) is 0 Å². The fourth-order valence-corrected chi connectivity index (χ4v) is 2.00. The largest absolute Gasteiger partial charge is 0.328 e. The molecule has 86 valence electrons. The van der Waals surface area contributed by atoms with E-state index >= 15 is 0 Å². The number of hydrogen-bond acceptors (Lipinski definition) is 1. The lowest BCUT2D eigenvalue weighted by molar-refractivity contribution is 0.527. The molecule has 5 heteroatoms. The molecule has 1 N–H and O–H groups in total. The molecule has 0 saturated heterocycles. The zero-order valence-corrected chi connectivity index (χ0v) is 9.87. The molecule has 1 heterocycles. The lowest BCUT2D eigenvalue weighted by Crippen LogP contribution is -2.04. The van der Waals surface area contributed by atoms with Crippen LogP contribution in [0.3, 0.4) is 0 Å². The molecule has 0 saturated carbocycles. The maximum atomic E-state index is 13.4. The molecule has 0 aliphatic heterocycles. The Kier molecular flexibility index (Phi) is 2.80. The Balaban J connectivity index is 2.73. The van der Waals surface area contributed by atoms with Crippen LogP contribution in [-0.4, -0.2) is 9.55 Å². The van der Waals surface area contributed by atoms with E-state index in [1.54, 1.807) is 4.57 Å². The highest BCUT2D eigenvalue weighted by Crippen LogP contribution is 2.20. The summed E-state index contributed by atoms with van der Waals surface area (Å²) in [5, 5.41) is 0. The molecule has 0 fully saturated rings. The molecular formula is C11H12F2N2S. The lowest BCUT2D eigenvalue weighted by Gasteiger charge is -2.07. The van der Waals surface area contributed by atoms with E-state index in [4.69, 9.17) is 12.2 Å². The third-order valence-corrected chi connectivity index (χ3v) is 2.67. The number of hydrogen-bond donors (Lipinski definition) is 1. The van der Waals surface area contributed by atoms with Crippen molar-refractivity contribution in [3.63, 3.8) is 0 Å². The molecule has 0 amide bonds. The van der Waals surface area contributed by atoms with Crippen molar-refractivity contribution in [1.82, 2.24) is 9.55 Å². The first-order valence-corrected chi connectivity index (χ1v) is 5.47. The highest BCUT2D eigenvalue weighted by molar-refractivity contribution is 7.71. The topological polar surface area (TPSA) is 20.7 Å². The van der Waals surface area contributed by atoms with Gasteiger partial charge in [-0.3, -0.25) is 0 Å². The van der Waals surface area contributed by atoms with Crippen molar-refractivity contribution in [2.45, 2.75) is 20.4 Å². The van der Waals surface area contributed by atoms with Gasteiger partial charge in [-0.1, -0.05) is 13.8 Å². The summed E-state index contributed by atoms with van der Waals surface area (Å²) in [6.45, 7) is 4.69. The Labute approximate surface area is 96.9 Å². The van der Waals surface area contributed by atoms with E-state index in [1.165, 1.54) is 6.07 Å². The van der Waals surface area contributed by atoms with Crippen LogP contribution in [0.15, 0.2) is 12.1 Å². The normalized spacial score (nSPS) is 11.6. The van der Waals surface area contributed by atoms with Crippen LogP contribution >= 0.6 is 12.2 Å². The van der Waals surface area contributed by atoms with Gasteiger partial charge in [-0.15, -0.1) is 0 Å². The first-order valence-electron chi connectivity index (χ1n) is 5.06. The number of benzene rings is 1. The quantitative estimate of drug-likeness (QED) is 0.797. The summed E-state index contributed by atoms with van der Waals surface area (Å²) >= 11 is 5.09. The van der Waals surface area contributed by atoms with Crippen LogP contribution in [0.4, 0.5) is 8.78 Å². The molecule has 1 aromatic heterocycles. The van der Waals surface area contributed by atoms with Crippen LogP contribution < -0.4 is 0 Å². The second-order valence-electron chi connectivity index (χ2n) is 4.22. The maximum absolute atomic E-state index is 13.4. The molecule has 0 aliphatic rings. The smallest absolute Gasteiger partial charge is 0.178 e. The van der Waals surface area contributed by atoms with Gasteiger partial charge < -0.3 is 9.55 Å². The number of aromatic amines is 1. The molecular weight excluding hydrogens is 230 g/mol. The summed E-state index contributed by atoms with van der Waals surface area (Å²) in [6.07, 6.45) is 0. The van der Waals surface area contributed by atoms with Crippen molar-refractivity contribution in [3.05, 3.63) is 28.5 Å². The highest BCUT2D eigenvalue weighted by Gasteiger charge is 2.11. The van der Waals surface area contributed by atoms with Crippen LogP contribution in [0.25, 0.3) is 11.0 Å². The summed E-state index contributed by atoms with van der Waals surface area (Å²) in [4.78, 5) is 2.76. The summed E-state index contributed by atoms with van der Waals surface area (Å²) in [5.41, 5.74) is 0.753. The monoisotopic (exact) mass is 242 g/mol. The number of nitrogens with one attached hydrogen (secondary N) is 1. The standard InChI is InChI=1S/C11H12F2N2S/c1-6(2)5-15-9-4-7(12)3-8(13)10(9)14-11(15)16/h3-4,6H,5H2,1-2H3,(H,14,16). The van der Waals surface area contributed by atoms with E-state index in [9.17, 15) is 8.78 Å². The van der Waals surface area contributed by atoms with Crippen molar-refractivity contribution < 1.29 is 8.78 Å². The summed E-state index contributed by atoms with van der Waals surface area (Å²) in [5.74, 6) is -0.836. The van der Waals surface area contributed by atoms with Crippen LogP contribution in [0, 0.1) is 22.3 Å². The lowest BCUT2D eigenvalue weighted by atomic mass is 10.2. The first kappa shape index (κ1) is 11.3. The fraction of sp³-hybridized carbons (Fsp3) is 0.364. The van der Waals surface area contributed by atoms with Gasteiger partial charge in [0.05, 0.1) is 5.52 Å². The van der Waals surface area contributed by atoms with Gasteiger partial charge in [-0.25, -0.2) is 8.78 Å². The zero-order valence-electron chi connectivity index (χ0n) is 9.05. The molecule has 0 unspecified atom stereocenters. The summed E-state index contributed by atoms with van der Waals surface area (Å²) in [7, 11) is 0. The molecule has 0 radical (unpaired) electrons. The molecule has 0 bridgehead atoms. The van der Waals surface area contributed by atoms with Crippen molar-refractivity contribution in [2.75, 3.05) is 0 Å². The minimum Gasteiger partial charge on any atom is -0.328 e. The van der Waals surface area contributed by atoms with Crippen molar-refractivity contribution in [2.24, 2.45) is 5.92 Å². The van der Waals surface area contributed by atoms with Gasteiger partial charge in [0.1, 0.15) is 11.3 Å². The average Bonchev–Trinajstić information content (AvgIpc) is 2.45. The van der Waals surface area contributed by atoms with E-state index in [0.29, 0.717) is 22.8 Å². The van der Waals surface area contributed by atoms with Gasteiger partial charge >= 0.3 is 0 Å². The Morgan fingerprint density at radius 3 is 2.69 bits per heavy atom. The van der Waals surface area contributed by atoms with Crippen molar-refractivity contribution >= 4 is 23.3 Å². The summed E-state index contributed by atoms with van der Waals surface area (Å²) < 4.78 is 28.7. The molecule has 0 atom stereocenters. The third-order valence-electron chi connectivity index (χ3n) is 2.35. The molecule has 0 spiro atoms. The highest BCUT2D eigenvalue weighted by atomic mass is 32.1. The number of imidazole rings is 1. The van der Waals surface area contributed by atoms with Crippen LogP contribution in [0.2, 0.25) is 0 Å². The van der Waals surface area contributed by atoms with E-state index in [0.717, 1.165) is 6.07 Å². The van der Waals surface area contributed by atoms with E-state index in [-0.39, 0.29) is 5.52 Å². The number of halogens is 2. The SMILES string of the molecule is CC(C)Cn1c(=S)[nH]c2c(F)cc(F)cc21. The Bertz CT molecular complexity index is 583. The van der Waals surface area contributed by atoms with Crippen molar-refractivity contribution in [3.8, 4) is 0 Å². The van der Waals surface area contributed by atoms with Crippen LogP contribution in [0.5, 0.6) is 0 Å². The van der Waals surface area contributed by atoms with E-state index in [1.807, 2.05) is 13.8 Å². The molecule has 1 aromatic carbocycles. The molecule has 2 nitrogen and oxygen atoms in total. The molecule has 2 rings (SSSR count). The number of nitrogens with zero attached hydrogens (tertiary/aromatic N) is 1. The van der Waals surface area contributed by atoms with Gasteiger partial charge in [0.15, 0.2) is 10.6 Å². The average molecular weight is 242 g/mol. The Hall–Kier alpha value is -1.23. The van der Waals surface area contributed by atoms with Crippen LogP contribution in [-0.2, 0) is 6.54 Å². The summed E-state index contributed by atoms with van der Waals surface area (Å²) in [6, 6.07) is 2.15. The minimum atomic E-state index is -0.608. The number of fused-ring (bicyclic) bond motifs is 1. The van der Waals surface area contributed by atoms with Gasteiger partial charge in [-0.2, -0.15) is 0 Å². The Morgan fingerprint density at radius 2 is 2.06 bits per heavy atom. The predicted molar refractivity (Wildman–Crippen MR) is 61.9 cm³/mol. The predicted octanol–water partition coefficient (Wildman–Crippen LogP) is 3.63. The van der Waals surface area contributed by atoms with Gasteiger partial charge in [-0.05, 0) is 24.2 Å². The molecule has 2 aromatic rings. The Morgan fingerprint density at radius 1 is 1.38 bits per heavy atom. The zero-order chi connectivity index (χ0) is 11.9. The first-order chi connectivity index (χ1) is 7.49. The molecule has 0 aliphatic carbocycles. The maximum Gasteiger partial charge on any atom is 0.178 e. The molecule has 16 heavy (non-hydrogen) atoms. The van der Waals surface area contributed by atoms with Crippen molar-refractivity contribution in [1.29, 1.82) is 0 Å². The van der Waals surface area contributed by atoms with E-state index < -0.39 is 11.6 Å². The number of aromatic nitrogens is 2. The fourth-order valence-electron chi connectivity index (χ4n) is 1.73. The van der Waals surface area contributed by atoms with E-state index in [2.05, 4.69) is 4.98 Å². The van der Waals surface area contributed by atoms with Crippen LogP contribution in [0.1, 0.15) is 13.8 Å². The number of H-pyrrole nitrogens is 1.